The number of rotatable bonds is 10. The molecule has 0 bridgehead atoms. The first-order valence-electron chi connectivity index (χ1n) is 10.1. The topological polar surface area (TPSA) is 57.0 Å². The van der Waals surface area contributed by atoms with Crippen molar-refractivity contribution in [1.29, 1.82) is 0 Å². The van der Waals surface area contributed by atoms with Crippen molar-refractivity contribution < 1.29 is 9.53 Å². The number of nitrogens with zero attached hydrogens (tertiary/aromatic N) is 3. The number of carbonyl (C=O) groups excluding carboxylic acids is 1. The van der Waals surface area contributed by atoms with E-state index < -0.39 is 0 Å². The van der Waals surface area contributed by atoms with Gasteiger partial charge in [-0.15, -0.1) is 28.5 Å². The molecule has 7 heteroatoms. The van der Waals surface area contributed by atoms with Crippen LogP contribution < -0.4 is 0 Å². The number of aromatic nitrogens is 3. The minimum atomic E-state index is -0.296. The van der Waals surface area contributed by atoms with Gasteiger partial charge in [0.25, 0.3) is 0 Å². The highest BCUT2D eigenvalue weighted by atomic mass is 32.2. The number of carbonyl (C=O) groups is 1. The maximum Gasteiger partial charge on any atom is 0.338 e. The van der Waals surface area contributed by atoms with Crippen molar-refractivity contribution in [3.8, 4) is 0 Å². The van der Waals surface area contributed by atoms with E-state index in [1.165, 1.54) is 10.5 Å². The normalized spacial score (nSPS) is 11.0. The molecule has 0 aliphatic rings. The number of thioether (sulfide) groups is 2. The summed E-state index contributed by atoms with van der Waals surface area (Å²) in [6, 6.07) is 16.0. The standard InChI is InChI=1S/C24H27N3O2S2/c1-5-14-27-22(16-30-21-12-6-18(4)7-13-21)25-26-24(27)31-15-19-8-10-20(11-9-19)23(28)29-17(2)3/h5-13,17H,1,14-16H2,2-4H3. The molecule has 0 aliphatic carbocycles. The summed E-state index contributed by atoms with van der Waals surface area (Å²) in [5.41, 5.74) is 2.92. The Morgan fingerprint density at radius 2 is 1.77 bits per heavy atom. The molecule has 0 aliphatic heterocycles. The number of allylic oxidation sites excluding steroid dienone is 1. The largest absolute Gasteiger partial charge is 0.459 e. The van der Waals surface area contributed by atoms with Crippen LogP contribution in [0.3, 0.4) is 0 Å². The molecule has 3 aromatic rings. The Balaban J connectivity index is 1.62. The smallest absolute Gasteiger partial charge is 0.338 e. The summed E-state index contributed by atoms with van der Waals surface area (Å²) in [6.45, 7) is 10.3. The van der Waals surface area contributed by atoms with Crippen LogP contribution in [0.4, 0.5) is 0 Å². The zero-order valence-electron chi connectivity index (χ0n) is 18.1. The second kappa shape index (κ2) is 11.2. The molecule has 0 amide bonds. The van der Waals surface area contributed by atoms with Gasteiger partial charge < -0.3 is 9.30 Å². The van der Waals surface area contributed by atoms with Crippen LogP contribution in [0, 0.1) is 6.92 Å². The summed E-state index contributed by atoms with van der Waals surface area (Å²) < 4.78 is 7.34. The molecule has 3 rings (SSSR count). The van der Waals surface area contributed by atoms with Crippen LogP contribution in [0.25, 0.3) is 0 Å². The number of hydrogen-bond acceptors (Lipinski definition) is 6. The number of ether oxygens (including phenoxy) is 1. The molecule has 2 aromatic carbocycles. The van der Waals surface area contributed by atoms with Gasteiger partial charge in [-0.25, -0.2) is 4.79 Å². The average Bonchev–Trinajstić information content (AvgIpc) is 3.13. The molecule has 0 atom stereocenters. The molecule has 0 spiro atoms. The van der Waals surface area contributed by atoms with Crippen molar-refractivity contribution >= 4 is 29.5 Å². The lowest BCUT2D eigenvalue weighted by atomic mass is 10.1. The molecule has 0 fully saturated rings. The Hall–Kier alpha value is -2.51. The van der Waals surface area contributed by atoms with Crippen molar-refractivity contribution in [2.75, 3.05) is 0 Å². The Morgan fingerprint density at radius 3 is 2.42 bits per heavy atom. The van der Waals surface area contributed by atoms with E-state index in [1.54, 1.807) is 35.7 Å². The molecule has 1 heterocycles. The second-order valence-corrected chi connectivity index (χ2v) is 9.33. The summed E-state index contributed by atoms with van der Waals surface area (Å²) in [4.78, 5) is 13.2. The van der Waals surface area contributed by atoms with Gasteiger partial charge in [-0.05, 0) is 50.6 Å². The van der Waals surface area contributed by atoms with E-state index in [1.807, 2.05) is 32.1 Å². The second-order valence-electron chi connectivity index (χ2n) is 7.34. The van der Waals surface area contributed by atoms with E-state index in [9.17, 15) is 4.79 Å². The van der Waals surface area contributed by atoms with Crippen molar-refractivity contribution in [3.63, 3.8) is 0 Å². The quantitative estimate of drug-likeness (QED) is 0.216. The van der Waals surface area contributed by atoms with Crippen LogP contribution in [0.2, 0.25) is 0 Å². The number of esters is 1. The van der Waals surface area contributed by atoms with Crippen LogP contribution in [0.15, 0.2) is 71.2 Å². The lowest BCUT2D eigenvalue weighted by molar-refractivity contribution is 0.0378. The zero-order valence-corrected chi connectivity index (χ0v) is 19.7. The maximum absolute atomic E-state index is 12.0. The molecule has 0 radical (unpaired) electrons. The van der Waals surface area contributed by atoms with Crippen molar-refractivity contribution in [2.45, 2.75) is 55.0 Å². The van der Waals surface area contributed by atoms with Crippen LogP contribution in [-0.4, -0.2) is 26.8 Å². The van der Waals surface area contributed by atoms with Gasteiger partial charge in [-0.3, -0.25) is 0 Å². The van der Waals surface area contributed by atoms with Crippen molar-refractivity contribution in [3.05, 3.63) is 83.7 Å². The van der Waals surface area contributed by atoms with Crippen molar-refractivity contribution in [1.82, 2.24) is 14.8 Å². The fourth-order valence-corrected chi connectivity index (χ4v) is 4.55. The predicted molar refractivity (Wildman–Crippen MR) is 128 cm³/mol. The van der Waals surface area contributed by atoms with Crippen LogP contribution >= 0.6 is 23.5 Å². The number of hydrogen-bond donors (Lipinski definition) is 0. The Bertz CT molecular complexity index is 1010. The fraction of sp³-hybridized carbons (Fsp3) is 0.292. The zero-order chi connectivity index (χ0) is 22.2. The summed E-state index contributed by atoms with van der Waals surface area (Å²) in [6.07, 6.45) is 1.74. The van der Waals surface area contributed by atoms with E-state index in [0.717, 1.165) is 28.0 Å². The highest BCUT2D eigenvalue weighted by molar-refractivity contribution is 7.98. The van der Waals surface area contributed by atoms with Crippen molar-refractivity contribution in [2.24, 2.45) is 0 Å². The van der Waals surface area contributed by atoms with Gasteiger partial charge in [0.2, 0.25) is 0 Å². The van der Waals surface area contributed by atoms with E-state index in [-0.39, 0.29) is 12.1 Å². The molecule has 0 saturated heterocycles. The molecule has 31 heavy (non-hydrogen) atoms. The van der Waals surface area contributed by atoms with E-state index in [4.69, 9.17) is 4.74 Å². The summed E-state index contributed by atoms with van der Waals surface area (Å²) in [5, 5.41) is 9.67. The first-order valence-corrected chi connectivity index (χ1v) is 12.1. The van der Waals surface area contributed by atoms with E-state index in [2.05, 4.69) is 52.5 Å². The Morgan fingerprint density at radius 1 is 1.06 bits per heavy atom. The SMILES string of the molecule is C=CCn1c(CSc2ccc(C)cc2)nnc1SCc1ccc(C(=O)OC(C)C)cc1. The van der Waals surface area contributed by atoms with Crippen LogP contribution in [0.1, 0.15) is 41.2 Å². The van der Waals surface area contributed by atoms with E-state index in [0.29, 0.717) is 12.1 Å². The fourth-order valence-electron chi connectivity index (χ4n) is 2.79. The number of aryl methyl sites for hydroxylation is 1. The minimum Gasteiger partial charge on any atom is -0.459 e. The third-order valence-electron chi connectivity index (χ3n) is 4.39. The number of benzene rings is 2. The van der Waals surface area contributed by atoms with Gasteiger partial charge in [0.1, 0.15) is 5.82 Å². The van der Waals surface area contributed by atoms with Gasteiger partial charge in [-0.2, -0.15) is 0 Å². The van der Waals surface area contributed by atoms with Gasteiger partial charge in [0.05, 0.1) is 17.4 Å². The summed E-state index contributed by atoms with van der Waals surface area (Å²) >= 11 is 3.37. The summed E-state index contributed by atoms with van der Waals surface area (Å²) in [5.74, 6) is 2.12. The third kappa shape index (κ3) is 6.74. The molecule has 5 nitrogen and oxygen atoms in total. The minimum absolute atomic E-state index is 0.127. The molecular weight excluding hydrogens is 426 g/mol. The molecule has 0 saturated carbocycles. The molecule has 162 valence electrons. The highest BCUT2D eigenvalue weighted by Crippen LogP contribution is 2.26. The molecular formula is C24H27N3O2S2. The monoisotopic (exact) mass is 453 g/mol. The lowest BCUT2D eigenvalue weighted by Gasteiger charge is -2.09. The summed E-state index contributed by atoms with van der Waals surface area (Å²) in [7, 11) is 0. The van der Waals surface area contributed by atoms with E-state index >= 15 is 0 Å². The van der Waals surface area contributed by atoms with Gasteiger partial charge in [0.15, 0.2) is 5.16 Å². The average molecular weight is 454 g/mol. The molecule has 1 aromatic heterocycles. The van der Waals surface area contributed by atoms with Crippen LogP contribution in [0.5, 0.6) is 0 Å². The molecule has 0 N–H and O–H groups in total. The highest BCUT2D eigenvalue weighted by Gasteiger charge is 2.13. The first-order chi connectivity index (χ1) is 15.0. The van der Waals surface area contributed by atoms with Gasteiger partial charge >= 0.3 is 5.97 Å². The van der Waals surface area contributed by atoms with Crippen LogP contribution in [-0.2, 0) is 22.8 Å². The Kier molecular flexibility index (Phi) is 8.37. The first kappa shape index (κ1) is 23.2. The maximum atomic E-state index is 12.0. The molecule has 0 unspecified atom stereocenters. The predicted octanol–water partition coefficient (Wildman–Crippen LogP) is 5.92. The third-order valence-corrected chi connectivity index (χ3v) is 6.44. The Labute approximate surface area is 192 Å². The van der Waals surface area contributed by atoms with Gasteiger partial charge in [-0.1, -0.05) is 47.7 Å². The van der Waals surface area contributed by atoms with Gasteiger partial charge in [0, 0.05) is 17.2 Å². The lowest BCUT2D eigenvalue weighted by Crippen LogP contribution is -2.11.